The van der Waals surface area contributed by atoms with E-state index in [1.54, 1.807) is 12.3 Å². The Bertz CT molecular complexity index is 362. The maximum absolute atomic E-state index is 8.54. The monoisotopic (exact) mass is 202 g/mol. The minimum Gasteiger partial charge on any atom is -0.392 e. The number of nitrogens with zero attached hydrogens (tertiary/aromatic N) is 1. The summed E-state index contributed by atoms with van der Waals surface area (Å²) in [5.74, 6) is 0.572. The lowest BCUT2D eigenvalue weighted by Crippen LogP contribution is -1.85. The highest BCUT2D eigenvalue weighted by atomic mass is 16.3. The maximum Gasteiger partial charge on any atom is 0.123 e. The van der Waals surface area contributed by atoms with Gasteiger partial charge in [-0.05, 0) is 17.7 Å². The molecule has 1 heterocycles. The van der Waals surface area contributed by atoms with Gasteiger partial charge in [0.05, 0.1) is 6.61 Å². The van der Waals surface area contributed by atoms with Crippen LogP contribution in [0.4, 0.5) is 5.82 Å². The van der Waals surface area contributed by atoms with Crippen molar-refractivity contribution >= 4 is 5.82 Å². The number of nitrogen functional groups attached to an aromatic ring is 1. The zero-order valence-electron chi connectivity index (χ0n) is 8.38. The number of aromatic nitrogens is 1. The minimum atomic E-state index is 0.140. The van der Waals surface area contributed by atoms with Crippen LogP contribution in [0.1, 0.15) is 5.56 Å². The Kier molecular flexibility index (Phi) is 4.90. The maximum atomic E-state index is 8.54. The Morgan fingerprint density at radius 3 is 2.00 bits per heavy atom. The number of pyridine rings is 1. The van der Waals surface area contributed by atoms with E-state index < -0.39 is 0 Å². The summed E-state index contributed by atoms with van der Waals surface area (Å²) in [5.41, 5.74) is 6.21. The van der Waals surface area contributed by atoms with Crippen molar-refractivity contribution in [3.8, 4) is 0 Å². The number of hydrogen-bond donors (Lipinski definition) is 2. The number of benzene rings is 1. The van der Waals surface area contributed by atoms with Crippen LogP contribution >= 0.6 is 0 Å². The third kappa shape index (κ3) is 4.78. The molecule has 0 aliphatic heterocycles. The molecule has 2 aromatic rings. The van der Waals surface area contributed by atoms with Crippen LogP contribution in [0.25, 0.3) is 0 Å². The van der Waals surface area contributed by atoms with Gasteiger partial charge in [-0.2, -0.15) is 0 Å². The smallest absolute Gasteiger partial charge is 0.123 e. The fourth-order valence-corrected chi connectivity index (χ4v) is 0.959. The Balaban J connectivity index is 0.000000151. The molecule has 3 heteroatoms. The van der Waals surface area contributed by atoms with E-state index in [0.717, 1.165) is 5.56 Å². The number of nitrogens with two attached hydrogens (primary N) is 1. The van der Waals surface area contributed by atoms with Crippen LogP contribution in [0, 0.1) is 0 Å². The van der Waals surface area contributed by atoms with Crippen molar-refractivity contribution in [3.05, 3.63) is 60.3 Å². The van der Waals surface area contributed by atoms with E-state index in [9.17, 15) is 0 Å². The number of aliphatic hydroxyl groups excluding tert-OH is 1. The van der Waals surface area contributed by atoms with Crippen molar-refractivity contribution in [2.75, 3.05) is 5.73 Å². The van der Waals surface area contributed by atoms with Gasteiger partial charge in [-0.1, -0.05) is 36.4 Å². The molecule has 3 nitrogen and oxygen atoms in total. The quantitative estimate of drug-likeness (QED) is 0.741. The van der Waals surface area contributed by atoms with Gasteiger partial charge in [0.15, 0.2) is 0 Å². The van der Waals surface area contributed by atoms with Crippen LogP contribution in [0.3, 0.4) is 0 Å². The van der Waals surface area contributed by atoms with Gasteiger partial charge in [-0.15, -0.1) is 0 Å². The lowest BCUT2D eigenvalue weighted by molar-refractivity contribution is 0.282. The molecule has 0 radical (unpaired) electrons. The van der Waals surface area contributed by atoms with Gasteiger partial charge < -0.3 is 10.8 Å². The number of anilines is 1. The van der Waals surface area contributed by atoms with Crippen molar-refractivity contribution < 1.29 is 5.11 Å². The highest BCUT2D eigenvalue weighted by Crippen LogP contribution is 1.95. The molecular formula is C12H14N2O. The summed E-state index contributed by atoms with van der Waals surface area (Å²) in [5, 5.41) is 8.54. The fraction of sp³-hybridized carbons (Fsp3) is 0.0833. The van der Waals surface area contributed by atoms with Crippen LogP contribution in [0.15, 0.2) is 54.7 Å². The van der Waals surface area contributed by atoms with Crippen molar-refractivity contribution in [1.29, 1.82) is 0 Å². The standard InChI is InChI=1S/C7H8O.C5H6N2/c8-6-7-4-2-1-3-5-7;6-5-3-1-2-4-7-5/h1-5,8H,6H2;1-4H,(H2,6,7). The molecule has 0 bridgehead atoms. The first-order valence-corrected chi connectivity index (χ1v) is 4.64. The molecule has 78 valence electrons. The first kappa shape index (κ1) is 11.2. The summed E-state index contributed by atoms with van der Waals surface area (Å²) in [6.45, 7) is 0.140. The summed E-state index contributed by atoms with van der Waals surface area (Å²) in [6, 6.07) is 15.0. The van der Waals surface area contributed by atoms with Crippen molar-refractivity contribution in [1.82, 2.24) is 4.98 Å². The zero-order chi connectivity index (χ0) is 10.9. The lowest BCUT2D eigenvalue weighted by atomic mass is 10.2. The van der Waals surface area contributed by atoms with Gasteiger partial charge in [-0.25, -0.2) is 4.98 Å². The second kappa shape index (κ2) is 6.56. The Morgan fingerprint density at radius 2 is 1.67 bits per heavy atom. The summed E-state index contributed by atoms with van der Waals surface area (Å²) in [6.07, 6.45) is 1.66. The molecule has 1 aromatic heterocycles. The highest BCUT2D eigenvalue weighted by Gasteiger charge is 1.81. The Hall–Kier alpha value is -1.87. The van der Waals surface area contributed by atoms with Gasteiger partial charge >= 0.3 is 0 Å². The largest absolute Gasteiger partial charge is 0.392 e. The Labute approximate surface area is 89.2 Å². The first-order chi connectivity index (χ1) is 7.33. The summed E-state index contributed by atoms with van der Waals surface area (Å²) in [7, 11) is 0. The van der Waals surface area contributed by atoms with Crippen LogP contribution in [-0.2, 0) is 6.61 Å². The minimum absolute atomic E-state index is 0.140. The summed E-state index contributed by atoms with van der Waals surface area (Å²) in [4.78, 5) is 3.76. The molecule has 3 N–H and O–H groups in total. The molecule has 0 saturated heterocycles. The summed E-state index contributed by atoms with van der Waals surface area (Å²) >= 11 is 0. The van der Waals surface area contributed by atoms with Gasteiger partial charge in [0.25, 0.3) is 0 Å². The van der Waals surface area contributed by atoms with E-state index in [2.05, 4.69) is 4.98 Å². The zero-order valence-corrected chi connectivity index (χ0v) is 8.38. The van der Waals surface area contributed by atoms with Crippen molar-refractivity contribution in [2.45, 2.75) is 6.61 Å². The second-order valence-electron chi connectivity index (χ2n) is 2.90. The molecule has 0 fully saturated rings. The van der Waals surface area contributed by atoms with Crippen molar-refractivity contribution in [3.63, 3.8) is 0 Å². The molecule has 0 unspecified atom stereocenters. The molecule has 0 amide bonds. The van der Waals surface area contributed by atoms with E-state index in [0.29, 0.717) is 5.82 Å². The molecule has 0 saturated carbocycles. The third-order valence-corrected chi connectivity index (χ3v) is 1.71. The van der Waals surface area contributed by atoms with Crippen LogP contribution < -0.4 is 5.73 Å². The lowest BCUT2D eigenvalue weighted by Gasteiger charge is -1.89. The van der Waals surface area contributed by atoms with E-state index in [1.165, 1.54) is 0 Å². The van der Waals surface area contributed by atoms with E-state index in [4.69, 9.17) is 10.8 Å². The van der Waals surface area contributed by atoms with Gasteiger partial charge in [0.2, 0.25) is 0 Å². The van der Waals surface area contributed by atoms with Gasteiger partial charge in [0.1, 0.15) is 5.82 Å². The Morgan fingerprint density at radius 1 is 1.00 bits per heavy atom. The van der Waals surface area contributed by atoms with E-state index in [-0.39, 0.29) is 6.61 Å². The number of hydrogen-bond acceptors (Lipinski definition) is 3. The SMILES string of the molecule is Nc1ccccn1.OCc1ccccc1. The molecular weight excluding hydrogens is 188 g/mol. The molecule has 0 aliphatic rings. The number of rotatable bonds is 1. The predicted molar refractivity (Wildman–Crippen MR) is 61.0 cm³/mol. The van der Waals surface area contributed by atoms with Crippen LogP contribution in [0.5, 0.6) is 0 Å². The van der Waals surface area contributed by atoms with Crippen LogP contribution in [0.2, 0.25) is 0 Å². The third-order valence-electron chi connectivity index (χ3n) is 1.71. The van der Waals surface area contributed by atoms with Crippen LogP contribution in [-0.4, -0.2) is 10.1 Å². The second-order valence-corrected chi connectivity index (χ2v) is 2.90. The molecule has 1 aromatic carbocycles. The van der Waals surface area contributed by atoms with Gasteiger partial charge in [-0.3, -0.25) is 0 Å². The fourth-order valence-electron chi connectivity index (χ4n) is 0.959. The van der Waals surface area contributed by atoms with E-state index in [1.807, 2.05) is 42.5 Å². The molecule has 0 aliphatic carbocycles. The predicted octanol–water partition coefficient (Wildman–Crippen LogP) is 1.84. The summed E-state index contributed by atoms with van der Waals surface area (Å²) < 4.78 is 0. The molecule has 2 rings (SSSR count). The first-order valence-electron chi connectivity index (χ1n) is 4.64. The van der Waals surface area contributed by atoms with E-state index >= 15 is 0 Å². The highest BCUT2D eigenvalue weighted by molar-refractivity contribution is 5.25. The molecule has 0 spiro atoms. The average Bonchev–Trinajstić information content (AvgIpc) is 2.32. The molecule has 0 atom stereocenters. The topological polar surface area (TPSA) is 59.1 Å². The average molecular weight is 202 g/mol. The van der Waals surface area contributed by atoms with Gasteiger partial charge in [0, 0.05) is 6.20 Å². The normalized spacial score (nSPS) is 8.87. The number of aliphatic hydroxyl groups is 1. The molecule has 15 heavy (non-hydrogen) atoms. The van der Waals surface area contributed by atoms with Crippen molar-refractivity contribution in [2.24, 2.45) is 0 Å².